The first kappa shape index (κ1) is 22.7. The average Bonchev–Trinajstić information content (AvgIpc) is 2.84. The Hall–Kier alpha value is -3.51. The number of nitrogens with one attached hydrogen (secondary N) is 1. The normalized spacial score (nSPS) is 17.9. The zero-order chi connectivity index (χ0) is 23.2. The van der Waals surface area contributed by atoms with Crippen LogP contribution >= 0.6 is 0 Å². The van der Waals surface area contributed by atoms with Gasteiger partial charge in [-0.05, 0) is 73.7 Å². The fourth-order valence-electron chi connectivity index (χ4n) is 4.29. The van der Waals surface area contributed by atoms with Crippen molar-refractivity contribution in [2.45, 2.75) is 44.3 Å². The maximum Gasteiger partial charge on any atom is 0.255 e. The molecule has 0 spiro atoms. The molecule has 1 aliphatic rings. The molecule has 1 aliphatic carbocycles. The first-order valence-corrected chi connectivity index (χ1v) is 11.3. The number of carbonyl (C=O) groups excluding carboxylic acids is 2. The summed E-state index contributed by atoms with van der Waals surface area (Å²) < 4.78 is 13.2. The van der Waals surface area contributed by atoms with E-state index in [2.05, 4.69) is 5.32 Å². The predicted molar refractivity (Wildman–Crippen MR) is 127 cm³/mol. The van der Waals surface area contributed by atoms with E-state index in [9.17, 15) is 14.0 Å². The summed E-state index contributed by atoms with van der Waals surface area (Å²) in [6.45, 7) is 0.369. The van der Waals surface area contributed by atoms with E-state index >= 15 is 0 Å². The summed E-state index contributed by atoms with van der Waals surface area (Å²) in [4.78, 5) is 28.1. The second kappa shape index (κ2) is 10.4. The standard InChI is InChI=1S/C27H28FN3O2/c28-22-12-10-19(11-13-22)26(32)30-25-9-5-4-8-21(25)18-31(24-16-14-23(29)15-17-24)27(33)20-6-2-1-3-7-20/h1-13,23-24H,14-18,29H2,(H,30,32). The Balaban J connectivity index is 1.59. The summed E-state index contributed by atoms with van der Waals surface area (Å²) in [7, 11) is 0. The Morgan fingerprint density at radius 2 is 1.48 bits per heavy atom. The number of amides is 2. The van der Waals surface area contributed by atoms with E-state index in [0.717, 1.165) is 31.2 Å². The number of anilines is 1. The van der Waals surface area contributed by atoms with Gasteiger partial charge in [-0.3, -0.25) is 9.59 Å². The first-order valence-electron chi connectivity index (χ1n) is 11.3. The van der Waals surface area contributed by atoms with Crippen molar-refractivity contribution in [2.75, 3.05) is 5.32 Å². The Bertz CT molecular complexity index is 1090. The third kappa shape index (κ3) is 5.65. The number of rotatable bonds is 6. The smallest absolute Gasteiger partial charge is 0.255 e. The summed E-state index contributed by atoms with van der Waals surface area (Å²) in [5.41, 5.74) is 8.58. The van der Waals surface area contributed by atoms with Crippen molar-refractivity contribution in [1.82, 2.24) is 4.90 Å². The Labute approximate surface area is 193 Å². The molecule has 0 aliphatic heterocycles. The number of nitrogens with zero attached hydrogens (tertiary/aromatic N) is 1. The molecule has 1 saturated carbocycles. The van der Waals surface area contributed by atoms with Crippen molar-refractivity contribution < 1.29 is 14.0 Å². The largest absolute Gasteiger partial charge is 0.331 e. The van der Waals surface area contributed by atoms with E-state index in [0.29, 0.717) is 23.4 Å². The Morgan fingerprint density at radius 1 is 0.848 bits per heavy atom. The van der Waals surface area contributed by atoms with Crippen LogP contribution < -0.4 is 11.1 Å². The average molecular weight is 446 g/mol. The molecule has 5 nitrogen and oxygen atoms in total. The number of halogens is 1. The molecule has 4 rings (SSSR count). The molecule has 6 heteroatoms. The molecule has 0 aromatic heterocycles. The van der Waals surface area contributed by atoms with Crippen molar-refractivity contribution in [2.24, 2.45) is 5.73 Å². The van der Waals surface area contributed by atoms with Gasteiger partial charge >= 0.3 is 0 Å². The van der Waals surface area contributed by atoms with Gasteiger partial charge in [0.1, 0.15) is 5.82 Å². The molecule has 0 heterocycles. The van der Waals surface area contributed by atoms with E-state index in [-0.39, 0.29) is 23.9 Å². The Morgan fingerprint density at radius 3 is 2.18 bits per heavy atom. The molecule has 0 radical (unpaired) electrons. The van der Waals surface area contributed by atoms with Crippen molar-refractivity contribution in [3.8, 4) is 0 Å². The molecular formula is C27H28FN3O2. The van der Waals surface area contributed by atoms with Crippen LogP contribution in [-0.2, 0) is 6.54 Å². The van der Waals surface area contributed by atoms with Crippen LogP contribution in [0.3, 0.4) is 0 Å². The van der Waals surface area contributed by atoms with Crippen LogP contribution in [0, 0.1) is 5.82 Å². The van der Waals surface area contributed by atoms with Gasteiger partial charge in [-0.1, -0.05) is 36.4 Å². The minimum absolute atomic E-state index is 0.0317. The second-order valence-electron chi connectivity index (χ2n) is 8.49. The molecule has 170 valence electrons. The SMILES string of the molecule is NC1CCC(N(Cc2ccccc2NC(=O)c2ccc(F)cc2)C(=O)c2ccccc2)CC1. The van der Waals surface area contributed by atoms with E-state index < -0.39 is 5.82 Å². The van der Waals surface area contributed by atoms with Crippen LogP contribution in [0.4, 0.5) is 10.1 Å². The van der Waals surface area contributed by atoms with Crippen LogP contribution in [0.15, 0.2) is 78.9 Å². The lowest BCUT2D eigenvalue weighted by Gasteiger charge is -2.36. The van der Waals surface area contributed by atoms with Gasteiger partial charge in [-0.15, -0.1) is 0 Å². The molecule has 3 N–H and O–H groups in total. The molecule has 2 amide bonds. The zero-order valence-electron chi connectivity index (χ0n) is 18.4. The van der Waals surface area contributed by atoms with E-state index in [1.165, 1.54) is 24.3 Å². The maximum absolute atomic E-state index is 13.5. The van der Waals surface area contributed by atoms with E-state index in [1.807, 2.05) is 59.5 Å². The minimum atomic E-state index is -0.394. The fourth-order valence-corrected chi connectivity index (χ4v) is 4.29. The predicted octanol–water partition coefficient (Wildman–Crippen LogP) is 4.99. The van der Waals surface area contributed by atoms with Crippen molar-refractivity contribution in [3.63, 3.8) is 0 Å². The second-order valence-corrected chi connectivity index (χ2v) is 8.49. The third-order valence-corrected chi connectivity index (χ3v) is 6.18. The lowest BCUT2D eigenvalue weighted by atomic mass is 9.90. The topological polar surface area (TPSA) is 75.4 Å². The maximum atomic E-state index is 13.5. The molecular weight excluding hydrogens is 417 g/mol. The van der Waals surface area contributed by atoms with Gasteiger partial charge < -0.3 is 16.0 Å². The number of carbonyl (C=O) groups is 2. The van der Waals surface area contributed by atoms with Crippen LogP contribution in [0.25, 0.3) is 0 Å². The molecule has 0 bridgehead atoms. The zero-order valence-corrected chi connectivity index (χ0v) is 18.4. The lowest BCUT2D eigenvalue weighted by molar-refractivity contribution is 0.0607. The molecule has 0 saturated heterocycles. The van der Waals surface area contributed by atoms with Crippen molar-refractivity contribution in [3.05, 3.63) is 101 Å². The van der Waals surface area contributed by atoms with E-state index in [4.69, 9.17) is 5.73 Å². The third-order valence-electron chi connectivity index (χ3n) is 6.18. The van der Waals surface area contributed by atoms with Gasteiger partial charge in [-0.25, -0.2) is 4.39 Å². The van der Waals surface area contributed by atoms with Gasteiger partial charge in [0.2, 0.25) is 0 Å². The fraction of sp³-hybridized carbons (Fsp3) is 0.259. The highest BCUT2D eigenvalue weighted by molar-refractivity contribution is 6.04. The van der Waals surface area contributed by atoms with Crippen molar-refractivity contribution >= 4 is 17.5 Å². The number of para-hydroxylation sites is 1. The summed E-state index contributed by atoms with van der Waals surface area (Å²) in [5.74, 6) is -0.753. The number of nitrogens with two attached hydrogens (primary N) is 1. The summed E-state index contributed by atoms with van der Waals surface area (Å²) in [6.07, 6.45) is 3.46. The summed E-state index contributed by atoms with van der Waals surface area (Å²) in [6, 6.07) is 22.4. The highest BCUT2D eigenvalue weighted by Gasteiger charge is 2.29. The Kier molecular flexibility index (Phi) is 7.15. The lowest BCUT2D eigenvalue weighted by Crippen LogP contribution is -2.44. The molecule has 3 aromatic rings. The summed E-state index contributed by atoms with van der Waals surface area (Å²) in [5, 5.41) is 2.92. The monoisotopic (exact) mass is 445 g/mol. The minimum Gasteiger partial charge on any atom is -0.331 e. The van der Waals surface area contributed by atoms with Gasteiger partial charge in [0, 0.05) is 35.4 Å². The van der Waals surface area contributed by atoms with Crippen LogP contribution in [0.2, 0.25) is 0 Å². The molecule has 3 aromatic carbocycles. The van der Waals surface area contributed by atoms with Gasteiger partial charge in [-0.2, -0.15) is 0 Å². The van der Waals surface area contributed by atoms with E-state index in [1.54, 1.807) is 0 Å². The number of benzene rings is 3. The van der Waals surface area contributed by atoms with Gasteiger partial charge in [0.15, 0.2) is 0 Å². The first-order chi connectivity index (χ1) is 16.0. The highest BCUT2D eigenvalue weighted by atomic mass is 19.1. The highest BCUT2D eigenvalue weighted by Crippen LogP contribution is 2.27. The van der Waals surface area contributed by atoms with Crippen molar-refractivity contribution in [1.29, 1.82) is 0 Å². The number of hydrogen-bond donors (Lipinski definition) is 2. The molecule has 0 atom stereocenters. The number of hydrogen-bond acceptors (Lipinski definition) is 3. The molecule has 0 unspecified atom stereocenters. The van der Waals surface area contributed by atoms with Crippen LogP contribution in [0.5, 0.6) is 0 Å². The van der Waals surface area contributed by atoms with Gasteiger partial charge in [0.05, 0.1) is 0 Å². The molecule has 1 fully saturated rings. The van der Waals surface area contributed by atoms with Crippen LogP contribution in [-0.4, -0.2) is 28.8 Å². The van der Waals surface area contributed by atoms with Gasteiger partial charge in [0.25, 0.3) is 11.8 Å². The summed E-state index contributed by atoms with van der Waals surface area (Å²) >= 11 is 0. The quantitative estimate of drug-likeness (QED) is 0.561. The van der Waals surface area contributed by atoms with Crippen LogP contribution in [0.1, 0.15) is 52.0 Å². The molecule has 33 heavy (non-hydrogen) atoms.